The molecule has 0 aliphatic rings. The van der Waals surface area contributed by atoms with Gasteiger partial charge in [-0.15, -0.1) is 0 Å². The third-order valence-corrected chi connectivity index (χ3v) is 1.72. The number of phenolic OH excluding ortho intramolecular Hbond substituents is 1. The minimum absolute atomic E-state index is 0.598. The van der Waals surface area contributed by atoms with E-state index in [1.54, 1.807) is 0 Å². The molecule has 0 amide bonds. The van der Waals surface area contributed by atoms with E-state index < -0.39 is 35.4 Å². The Morgan fingerprint density at radius 2 is 1.71 bits per heavy atom. The molecule has 0 fully saturated rings. The van der Waals surface area contributed by atoms with Gasteiger partial charge in [0.15, 0.2) is 11.5 Å². The quantitative estimate of drug-likeness (QED) is 0.614. The first kappa shape index (κ1) is 10.6. The summed E-state index contributed by atoms with van der Waals surface area (Å²) in [4.78, 5) is 0. The highest BCUT2D eigenvalue weighted by Crippen LogP contribution is 2.39. The van der Waals surface area contributed by atoms with Crippen LogP contribution in [0.3, 0.4) is 0 Å². The lowest BCUT2D eigenvalue weighted by atomic mass is 10.1. The standard InChI is InChI=1S/C8H7F3O3/c9-8(10,11)5-1-2-6(13)7(14)4(5)3-12/h1-2,12-14H,3H2. The molecule has 0 radical (unpaired) electrons. The largest absolute Gasteiger partial charge is 0.504 e. The first-order chi connectivity index (χ1) is 6.38. The summed E-state index contributed by atoms with van der Waals surface area (Å²) in [5.74, 6) is -1.63. The van der Waals surface area contributed by atoms with Gasteiger partial charge in [0.05, 0.1) is 12.2 Å². The van der Waals surface area contributed by atoms with Crippen molar-refractivity contribution in [3.63, 3.8) is 0 Å². The van der Waals surface area contributed by atoms with Gasteiger partial charge < -0.3 is 15.3 Å². The van der Waals surface area contributed by atoms with Gasteiger partial charge >= 0.3 is 6.18 Å². The predicted octanol–water partition coefficient (Wildman–Crippen LogP) is 1.61. The molecule has 3 N–H and O–H groups in total. The molecule has 0 atom stereocenters. The molecule has 0 saturated heterocycles. The lowest BCUT2D eigenvalue weighted by Gasteiger charge is -2.12. The number of aliphatic hydroxyl groups excluding tert-OH is 1. The molecule has 0 aliphatic carbocycles. The van der Waals surface area contributed by atoms with Crippen molar-refractivity contribution in [1.82, 2.24) is 0 Å². The van der Waals surface area contributed by atoms with Crippen LogP contribution in [0, 0.1) is 0 Å². The van der Waals surface area contributed by atoms with Crippen LogP contribution in [-0.2, 0) is 12.8 Å². The molecule has 0 aromatic heterocycles. The molecule has 6 heteroatoms. The number of benzene rings is 1. The van der Waals surface area contributed by atoms with Gasteiger partial charge in [-0.1, -0.05) is 0 Å². The van der Waals surface area contributed by atoms with Crippen molar-refractivity contribution in [3.05, 3.63) is 23.3 Å². The van der Waals surface area contributed by atoms with Crippen LogP contribution < -0.4 is 0 Å². The number of hydrogen-bond acceptors (Lipinski definition) is 3. The average Bonchev–Trinajstić information content (AvgIpc) is 2.07. The van der Waals surface area contributed by atoms with E-state index in [-0.39, 0.29) is 0 Å². The molecule has 0 bridgehead atoms. The van der Waals surface area contributed by atoms with Crippen LogP contribution in [0.5, 0.6) is 11.5 Å². The molecule has 0 aliphatic heterocycles. The van der Waals surface area contributed by atoms with E-state index in [4.69, 9.17) is 15.3 Å². The molecule has 1 aromatic carbocycles. The van der Waals surface area contributed by atoms with Crippen LogP contribution in [0.1, 0.15) is 11.1 Å². The fraction of sp³-hybridized carbons (Fsp3) is 0.250. The van der Waals surface area contributed by atoms with Crippen molar-refractivity contribution in [2.75, 3.05) is 0 Å². The molecule has 0 heterocycles. The van der Waals surface area contributed by atoms with Gasteiger partial charge in [-0.3, -0.25) is 0 Å². The molecule has 0 spiro atoms. The van der Waals surface area contributed by atoms with Crippen LogP contribution in [0.15, 0.2) is 12.1 Å². The van der Waals surface area contributed by atoms with E-state index in [1.807, 2.05) is 0 Å². The van der Waals surface area contributed by atoms with Gasteiger partial charge in [0.25, 0.3) is 0 Å². The molecule has 3 nitrogen and oxygen atoms in total. The van der Waals surface area contributed by atoms with Gasteiger partial charge in [-0.05, 0) is 12.1 Å². The predicted molar refractivity (Wildman–Crippen MR) is 40.7 cm³/mol. The molecular weight excluding hydrogens is 201 g/mol. The van der Waals surface area contributed by atoms with Crippen LogP contribution >= 0.6 is 0 Å². The van der Waals surface area contributed by atoms with E-state index in [0.717, 1.165) is 6.07 Å². The minimum Gasteiger partial charge on any atom is -0.504 e. The average molecular weight is 208 g/mol. The van der Waals surface area contributed by atoms with Gasteiger partial charge in [-0.25, -0.2) is 0 Å². The zero-order valence-electron chi connectivity index (χ0n) is 6.84. The van der Waals surface area contributed by atoms with E-state index in [1.165, 1.54) is 0 Å². The smallest absolute Gasteiger partial charge is 0.416 e. The fourth-order valence-corrected chi connectivity index (χ4v) is 1.05. The Kier molecular flexibility index (Phi) is 2.57. The van der Waals surface area contributed by atoms with Gasteiger partial charge in [0, 0.05) is 5.56 Å². The normalized spacial score (nSPS) is 11.7. The van der Waals surface area contributed by atoms with Crippen molar-refractivity contribution >= 4 is 0 Å². The number of phenols is 2. The third kappa shape index (κ3) is 1.74. The second-order valence-corrected chi connectivity index (χ2v) is 2.62. The number of alkyl halides is 3. The van der Waals surface area contributed by atoms with Crippen LogP contribution in [0.2, 0.25) is 0 Å². The minimum atomic E-state index is -4.66. The summed E-state index contributed by atoms with van der Waals surface area (Å²) in [5, 5.41) is 26.5. The maximum atomic E-state index is 12.2. The highest BCUT2D eigenvalue weighted by Gasteiger charge is 2.34. The lowest BCUT2D eigenvalue weighted by Crippen LogP contribution is -2.09. The van der Waals surface area contributed by atoms with E-state index in [9.17, 15) is 13.2 Å². The summed E-state index contributed by atoms with van der Waals surface area (Å²) < 4.78 is 36.7. The van der Waals surface area contributed by atoms with E-state index >= 15 is 0 Å². The summed E-state index contributed by atoms with van der Waals surface area (Å²) in [7, 11) is 0. The van der Waals surface area contributed by atoms with Crippen molar-refractivity contribution in [3.8, 4) is 11.5 Å². The monoisotopic (exact) mass is 208 g/mol. The van der Waals surface area contributed by atoms with Crippen molar-refractivity contribution in [2.24, 2.45) is 0 Å². The number of hydrogen-bond donors (Lipinski definition) is 3. The summed E-state index contributed by atoms with van der Waals surface area (Å²) >= 11 is 0. The van der Waals surface area contributed by atoms with Crippen LogP contribution in [-0.4, -0.2) is 15.3 Å². The van der Waals surface area contributed by atoms with Gasteiger partial charge in [0.1, 0.15) is 0 Å². The summed E-state index contributed by atoms with van der Waals surface area (Å²) in [6.45, 7) is -0.991. The van der Waals surface area contributed by atoms with Crippen molar-refractivity contribution in [1.29, 1.82) is 0 Å². The van der Waals surface area contributed by atoms with E-state index in [0.29, 0.717) is 6.07 Å². The highest BCUT2D eigenvalue weighted by molar-refractivity contribution is 5.49. The molecule has 0 unspecified atom stereocenters. The Bertz CT molecular complexity index is 346. The fourth-order valence-electron chi connectivity index (χ4n) is 1.05. The lowest BCUT2D eigenvalue weighted by molar-refractivity contribution is -0.138. The SMILES string of the molecule is OCc1c(C(F)(F)F)ccc(O)c1O. The van der Waals surface area contributed by atoms with Crippen molar-refractivity contribution < 1.29 is 28.5 Å². The Morgan fingerprint density at radius 3 is 2.14 bits per heavy atom. The summed E-state index contributed by atoms with van der Waals surface area (Å²) in [5.41, 5.74) is -1.88. The van der Waals surface area contributed by atoms with Gasteiger partial charge in [0.2, 0.25) is 0 Å². The Morgan fingerprint density at radius 1 is 1.14 bits per heavy atom. The number of aliphatic hydroxyl groups is 1. The number of rotatable bonds is 1. The zero-order valence-corrected chi connectivity index (χ0v) is 6.84. The zero-order chi connectivity index (χ0) is 10.9. The molecule has 0 saturated carbocycles. The molecule has 78 valence electrons. The summed E-state index contributed by atoms with van der Waals surface area (Å²) in [6, 6.07) is 1.32. The maximum absolute atomic E-state index is 12.2. The van der Waals surface area contributed by atoms with Crippen LogP contribution in [0.4, 0.5) is 13.2 Å². The molecule has 1 aromatic rings. The molecular formula is C8H7F3O3. The van der Waals surface area contributed by atoms with E-state index in [2.05, 4.69) is 0 Å². The first-order valence-electron chi connectivity index (χ1n) is 3.59. The number of halogens is 3. The van der Waals surface area contributed by atoms with Crippen molar-refractivity contribution in [2.45, 2.75) is 12.8 Å². The Hall–Kier alpha value is -1.43. The Labute approximate surface area is 77.0 Å². The number of aromatic hydroxyl groups is 2. The Balaban J connectivity index is 3.39. The highest BCUT2D eigenvalue weighted by atomic mass is 19.4. The molecule has 1 rings (SSSR count). The summed E-state index contributed by atoms with van der Waals surface area (Å²) in [6.07, 6.45) is -4.66. The second kappa shape index (κ2) is 3.38. The van der Waals surface area contributed by atoms with Crippen LogP contribution in [0.25, 0.3) is 0 Å². The third-order valence-electron chi connectivity index (χ3n) is 1.72. The maximum Gasteiger partial charge on any atom is 0.416 e. The topological polar surface area (TPSA) is 60.7 Å². The first-order valence-corrected chi connectivity index (χ1v) is 3.59. The molecule has 14 heavy (non-hydrogen) atoms. The second-order valence-electron chi connectivity index (χ2n) is 2.62. The van der Waals surface area contributed by atoms with Gasteiger partial charge in [-0.2, -0.15) is 13.2 Å².